The molecule has 0 bridgehead atoms. The molecule has 2 aromatic rings. The summed E-state index contributed by atoms with van der Waals surface area (Å²) < 4.78 is 0. The van der Waals surface area contributed by atoms with E-state index in [1.54, 1.807) is 4.90 Å². The highest BCUT2D eigenvalue weighted by Gasteiger charge is 2.35. The normalized spacial score (nSPS) is 19.9. The van der Waals surface area contributed by atoms with Crippen LogP contribution >= 0.6 is 0 Å². The predicted molar refractivity (Wildman–Crippen MR) is 122 cm³/mol. The Labute approximate surface area is 179 Å². The molecule has 2 fully saturated rings. The Hall–Kier alpha value is -2.82. The number of piperidine rings is 1. The lowest BCUT2D eigenvalue weighted by molar-refractivity contribution is -0.122. The molecular weight excluding hydrogens is 374 g/mol. The highest BCUT2D eigenvalue weighted by atomic mass is 16.2. The first-order valence-corrected chi connectivity index (χ1v) is 11.1. The Morgan fingerprint density at radius 1 is 1.07 bits per heavy atom. The Bertz CT molecular complexity index is 901. The van der Waals surface area contributed by atoms with Crippen molar-refractivity contribution in [1.82, 2.24) is 0 Å². The van der Waals surface area contributed by atoms with Crippen LogP contribution in [0.4, 0.5) is 17.1 Å². The lowest BCUT2D eigenvalue weighted by Gasteiger charge is -2.33. The van der Waals surface area contributed by atoms with Crippen LogP contribution in [0.15, 0.2) is 48.5 Å². The molecule has 30 heavy (non-hydrogen) atoms. The van der Waals surface area contributed by atoms with E-state index >= 15 is 0 Å². The fraction of sp³-hybridized carbons (Fsp3) is 0.440. The number of carbonyl (C=O) groups is 2. The van der Waals surface area contributed by atoms with Crippen molar-refractivity contribution in [2.24, 2.45) is 11.8 Å². The summed E-state index contributed by atoms with van der Waals surface area (Å²) >= 11 is 0. The van der Waals surface area contributed by atoms with Crippen LogP contribution in [0.25, 0.3) is 0 Å². The Balaban J connectivity index is 1.44. The number of hydrogen-bond acceptors (Lipinski definition) is 3. The molecule has 2 aromatic carbocycles. The summed E-state index contributed by atoms with van der Waals surface area (Å²) in [5.74, 6) is 0.356. The first-order chi connectivity index (χ1) is 14.5. The van der Waals surface area contributed by atoms with Gasteiger partial charge in [-0.1, -0.05) is 38.1 Å². The summed E-state index contributed by atoms with van der Waals surface area (Å²) in [5, 5.41) is 3.11. The molecule has 1 N–H and O–H groups in total. The van der Waals surface area contributed by atoms with E-state index < -0.39 is 0 Å². The second kappa shape index (κ2) is 8.90. The van der Waals surface area contributed by atoms with Crippen LogP contribution in [-0.4, -0.2) is 31.4 Å². The molecule has 1 atom stereocenters. The van der Waals surface area contributed by atoms with Gasteiger partial charge in [0.2, 0.25) is 11.8 Å². The van der Waals surface area contributed by atoms with Crippen molar-refractivity contribution in [3.63, 3.8) is 0 Å². The van der Waals surface area contributed by atoms with Crippen LogP contribution in [0.2, 0.25) is 0 Å². The van der Waals surface area contributed by atoms with Crippen molar-refractivity contribution < 1.29 is 9.59 Å². The van der Waals surface area contributed by atoms with E-state index in [0.29, 0.717) is 6.54 Å². The van der Waals surface area contributed by atoms with Crippen LogP contribution in [0.5, 0.6) is 0 Å². The van der Waals surface area contributed by atoms with Gasteiger partial charge in [-0.25, -0.2) is 0 Å². The molecule has 0 aliphatic carbocycles. The summed E-state index contributed by atoms with van der Waals surface area (Å²) in [6.07, 6.45) is 3.57. The number of benzene rings is 2. The fourth-order valence-corrected chi connectivity index (χ4v) is 4.38. The van der Waals surface area contributed by atoms with Gasteiger partial charge in [0.1, 0.15) is 0 Å². The zero-order valence-corrected chi connectivity index (χ0v) is 17.9. The summed E-state index contributed by atoms with van der Waals surface area (Å²) in [6.45, 7) is 6.86. The van der Waals surface area contributed by atoms with Crippen LogP contribution in [-0.2, 0) is 16.0 Å². The number of amides is 2. The van der Waals surface area contributed by atoms with Gasteiger partial charge in [0.05, 0.1) is 17.3 Å². The van der Waals surface area contributed by atoms with Crippen molar-refractivity contribution in [3.05, 3.63) is 54.1 Å². The minimum absolute atomic E-state index is 0.0118. The minimum atomic E-state index is -0.335. The van der Waals surface area contributed by atoms with Crippen LogP contribution < -0.4 is 15.1 Å². The average Bonchev–Trinajstić information content (AvgIpc) is 3.17. The molecule has 2 aliphatic rings. The van der Waals surface area contributed by atoms with Gasteiger partial charge in [0.15, 0.2) is 0 Å². The summed E-state index contributed by atoms with van der Waals surface area (Å²) in [6, 6.07) is 16.1. The van der Waals surface area contributed by atoms with Gasteiger partial charge in [0, 0.05) is 31.7 Å². The van der Waals surface area contributed by atoms with E-state index in [2.05, 4.69) is 30.1 Å². The number of nitrogens with zero attached hydrogens (tertiary/aromatic N) is 2. The molecule has 5 nitrogen and oxygen atoms in total. The molecule has 0 spiro atoms. The topological polar surface area (TPSA) is 52.7 Å². The molecule has 158 valence electrons. The number of anilines is 3. The minimum Gasteiger partial charge on any atom is -0.370 e. The van der Waals surface area contributed by atoms with E-state index in [4.69, 9.17) is 0 Å². The van der Waals surface area contributed by atoms with Gasteiger partial charge in [0.25, 0.3) is 0 Å². The molecule has 2 saturated heterocycles. The van der Waals surface area contributed by atoms with Crippen LogP contribution in [0.1, 0.15) is 38.7 Å². The number of hydrogen-bond donors (Lipinski definition) is 1. The number of aryl methyl sites for hydroxylation is 1. The predicted octanol–water partition coefficient (Wildman–Crippen LogP) is 4.48. The molecule has 0 saturated carbocycles. The van der Waals surface area contributed by atoms with Crippen molar-refractivity contribution >= 4 is 28.9 Å². The fourth-order valence-electron chi connectivity index (χ4n) is 4.38. The lowest BCUT2D eigenvalue weighted by Crippen LogP contribution is -2.34. The van der Waals surface area contributed by atoms with E-state index in [-0.39, 0.29) is 24.2 Å². The van der Waals surface area contributed by atoms with E-state index in [9.17, 15) is 9.59 Å². The first-order valence-electron chi connectivity index (χ1n) is 11.1. The maximum absolute atomic E-state index is 13.0. The molecule has 0 radical (unpaired) electrons. The SMILES string of the molecule is CCc1ccc(N2C[C@@H](C(=O)Nc3ccccc3N3CCC(C)CC3)CC2=O)cc1. The molecule has 5 heteroatoms. The van der Waals surface area contributed by atoms with E-state index in [1.165, 1.54) is 18.4 Å². The van der Waals surface area contributed by atoms with Crippen molar-refractivity contribution in [2.75, 3.05) is 34.8 Å². The third-order valence-electron chi connectivity index (χ3n) is 6.44. The lowest BCUT2D eigenvalue weighted by atomic mass is 9.98. The Morgan fingerprint density at radius 2 is 1.77 bits per heavy atom. The zero-order chi connectivity index (χ0) is 21.1. The smallest absolute Gasteiger partial charge is 0.229 e. The van der Waals surface area contributed by atoms with E-state index in [0.717, 1.165) is 42.5 Å². The van der Waals surface area contributed by atoms with Crippen molar-refractivity contribution in [3.8, 4) is 0 Å². The third-order valence-corrected chi connectivity index (χ3v) is 6.44. The summed E-state index contributed by atoms with van der Waals surface area (Å²) in [5.41, 5.74) is 4.03. The number of carbonyl (C=O) groups excluding carboxylic acids is 2. The Kier molecular flexibility index (Phi) is 6.07. The first kappa shape index (κ1) is 20.5. The van der Waals surface area contributed by atoms with Gasteiger partial charge < -0.3 is 15.1 Å². The average molecular weight is 406 g/mol. The second-order valence-electron chi connectivity index (χ2n) is 8.60. The molecular formula is C25H31N3O2. The molecule has 2 amide bonds. The molecule has 4 rings (SSSR count). The summed E-state index contributed by atoms with van der Waals surface area (Å²) in [7, 11) is 0. The monoisotopic (exact) mass is 405 g/mol. The highest BCUT2D eigenvalue weighted by molar-refractivity contribution is 6.04. The van der Waals surface area contributed by atoms with Gasteiger partial charge in [-0.2, -0.15) is 0 Å². The molecule has 0 unspecified atom stereocenters. The third kappa shape index (κ3) is 4.35. The van der Waals surface area contributed by atoms with Crippen molar-refractivity contribution in [2.45, 2.75) is 39.5 Å². The maximum Gasteiger partial charge on any atom is 0.229 e. The molecule has 2 aliphatic heterocycles. The van der Waals surface area contributed by atoms with Crippen LogP contribution in [0, 0.1) is 11.8 Å². The van der Waals surface area contributed by atoms with Gasteiger partial charge in [-0.15, -0.1) is 0 Å². The second-order valence-corrected chi connectivity index (χ2v) is 8.60. The quantitative estimate of drug-likeness (QED) is 0.798. The standard InChI is InChI=1S/C25H31N3O2/c1-3-19-8-10-21(11-9-19)28-17-20(16-24(28)29)25(30)26-22-6-4-5-7-23(22)27-14-12-18(2)13-15-27/h4-11,18,20H,3,12-17H2,1-2H3,(H,26,30)/t20-/m0/s1. The number of rotatable bonds is 5. The highest BCUT2D eigenvalue weighted by Crippen LogP contribution is 2.31. The Morgan fingerprint density at radius 3 is 2.47 bits per heavy atom. The zero-order valence-electron chi connectivity index (χ0n) is 17.9. The van der Waals surface area contributed by atoms with Crippen molar-refractivity contribution in [1.29, 1.82) is 0 Å². The number of para-hydroxylation sites is 2. The number of nitrogens with one attached hydrogen (secondary N) is 1. The largest absolute Gasteiger partial charge is 0.370 e. The van der Waals surface area contributed by atoms with Crippen LogP contribution in [0.3, 0.4) is 0 Å². The molecule has 0 aromatic heterocycles. The van der Waals surface area contributed by atoms with Gasteiger partial charge in [-0.05, 0) is 55.0 Å². The maximum atomic E-state index is 13.0. The summed E-state index contributed by atoms with van der Waals surface area (Å²) in [4.78, 5) is 29.7. The van der Waals surface area contributed by atoms with Gasteiger partial charge >= 0.3 is 0 Å². The van der Waals surface area contributed by atoms with Gasteiger partial charge in [-0.3, -0.25) is 9.59 Å². The van der Waals surface area contributed by atoms with E-state index in [1.807, 2.05) is 42.5 Å². The molecule has 2 heterocycles.